The Morgan fingerprint density at radius 2 is 2.14 bits per heavy atom. The molecule has 76 valence electrons. The van der Waals surface area contributed by atoms with Crippen molar-refractivity contribution in [3.8, 4) is 0 Å². The van der Waals surface area contributed by atoms with Crippen LogP contribution in [0.1, 0.15) is 11.5 Å². The Balaban J connectivity index is 2.26. The van der Waals surface area contributed by atoms with Crippen molar-refractivity contribution in [1.82, 2.24) is 5.32 Å². The summed E-state index contributed by atoms with van der Waals surface area (Å²) in [6.07, 6.45) is 0. The lowest BCUT2D eigenvalue weighted by Crippen LogP contribution is -2.15. The van der Waals surface area contributed by atoms with Gasteiger partial charge < -0.3 is 10.4 Å². The van der Waals surface area contributed by atoms with Gasteiger partial charge in [-0.2, -0.15) is 0 Å². The second-order valence-electron chi connectivity index (χ2n) is 3.73. The van der Waals surface area contributed by atoms with Gasteiger partial charge in [0.15, 0.2) is 0 Å². The Hall–Kier alpha value is -0.570. The molecule has 0 unspecified atom stereocenters. The van der Waals surface area contributed by atoms with Crippen LogP contribution in [0.2, 0.25) is 5.02 Å². The maximum Gasteiger partial charge on any atom is 0.0477 e. The molecule has 1 fully saturated rings. The summed E-state index contributed by atoms with van der Waals surface area (Å²) in [7, 11) is 0. The molecule has 14 heavy (non-hydrogen) atoms. The smallest absolute Gasteiger partial charge is 0.0477 e. The first-order chi connectivity index (χ1) is 6.83. The van der Waals surface area contributed by atoms with Crippen LogP contribution < -0.4 is 5.32 Å². The van der Waals surface area contributed by atoms with Gasteiger partial charge in [0.05, 0.1) is 0 Å². The number of aliphatic hydroxyl groups is 1. The monoisotopic (exact) mass is 211 g/mol. The number of nitrogens with one attached hydrogen (secondary N) is 1. The fourth-order valence-corrected chi connectivity index (χ4v) is 2.34. The average molecular weight is 212 g/mol. The Morgan fingerprint density at radius 3 is 2.86 bits per heavy atom. The van der Waals surface area contributed by atoms with E-state index in [4.69, 9.17) is 11.6 Å². The quantitative estimate of drug-likeness (QED) is 0.780. The van der Waals surface area contributed by atoms with Crippen LogP contribution in [0.4, 0.5) is 0 Å². The van der Waals surface area contributed by atoms with E-state index in [1.54, 1.807) is 0 Å². The molecule has 2 N–H and O–H groups in total. The van der Waals surface area contributed by atoms with Crippen LogP contribution in [0.25, 0.3) is 0 Å². The van der Waals surface area contributed by atoms with E-state index in [9.17, 15) is 5.11 Å². The van der Waals surface area contributed by atoms with Gasteiger partial charge in [-0.25, -0.2) is 0 Å². The zero-order chi connectivity index (χ0) is 9.97. The number of benzene rings is 1. The zero-order valence-corrected chi connectivity index (χ0v) is 8.67. The van der Waals surface area contributed by atoms with Crippen molar-refractivity contribution in [2.75, 3.05) is 19.7 Å². The van der Waals surface area contributed by atoms with Gasteiger partial charge in [0, 0.05) is 36.6 Å². The van der Waals surface area contributed by atoms with Crippen molar-refractivity contribution >= 4 is 11.6 Å². The summed E-state index contributed by atoms with van der Waals surface area (Å²) in [4.78, 5) is 0. The molecule has 1 saturated heterocycles. The molecule has 0 radical (unpaired) electrons. The third-order valence-electron chi connectivity index (χ3n) is 2.88. The Kier molecular flexibility index (Phi) is 3.06. The van der Waals surface area contributed by atoms with Crippen molar-refractivity contribution in [2.45, 2.75) is 5.92 Å². The van der Waals surface area contributed by atoms with E-state index in [1.807, 2.05) is 24.3 Å². The van der Waals surface area contributed by atoms with Crippen molar-refractivity contribution in [3.63, 3.8) is 0 Å². The highest BCUT2D eigenvalue weighted by atomic mass is 35.5. The summed E-state index contributed by atoms with van der Waals surface area (Å²) in [6, 6.07) is 7.88. The minimum atomic E-state index is 0.225. The normalized spacial score (nSPS) is 26.7. The van der Waals surface area contributed by atoms with Gasteiger partial charge in [0.2, 0.25) is 0 Å². The number of halogens is 1. The van der Waals surface area contributed by atoms with E-state index in [1.165, 1.54) is 0 Å². The van der Waals surface area contributed by atoms with Gasteiger partial charge in [-0.15, -0.1) is 0 Å². The molecule has 0 amide bonds. The molecule has 1 aliphatic rings. The number of aliphatic hydroxyl groups excluding tert-OH is 1. The number of hydrogen-bond acceptors (Lipinski definition) is 2. The molecule has 3 heteroatoms. The molecule has 0 spiro atoms. The Morgan fingerprint density at radius 1 is 1.36 bits per heavy atom. The highest BCUT2D eigenvalue weighted by molar-refractivity contribution is 6.31. The zero-order valence-electron chi connectivity index (χ0n) is 7.91. The van der Waals surface area contributed by atoms with E-state index in [2.05, 4.69) is 5.32 Å². The van der Waals surface area contributed by atoms with E-state index in [0.717, 1.165) is 23.7 Å². The first-order valence-corrected chi connectivity index (χ1v) is 5.26. The van der Waals surface area contributed by atoms with E-state index < -0.39 is 0 Å². The third kappa shape index (κ3) is 1.78. The predicted octanol–water partition coefficient (Wildman–Crippen LogP) is 1.64. The van der Waals surface area contributed by atoms with Crippen molar-refractivity contribution < 1.29 is 5.11 Å². The second kappa shape index (κ2) is 4.30. The lowest BCUT2D eigenvalue weighted by Gasteiger charge is -2.17. The van der Waals surface area contributed by atoms with Gasteiger partial charge in [-0.1, -0.05) is 29.8 Å². The van der Waals surface area contributed by atoms with E-state index in [-0.39, 0.29) is 6.61 Å². The summed E-state index contributed by atoms with van der Waals surface area (Å²) in [6.45, 7) is 2.02. The summed E-state index contributed by atoms with van der Waals surface area (Å²) in [5.41, 5.74) is 1.15. The molecule has 0 aliphatic carbocycles. The van der Waals surface area contributed by atoms with Crippen LogP contribution in [-0.2, 0) is 0 Å². The number of hydrogen-bond donors (Lipinski definition) is 2. The fourth-order valence-electron chi connectivity index (χ4n) is 2.06. The fraction of sp³-hybridized carbons (Fsp3) is 0.455. The Labute approximate surface area is 88.9 Å². The van der Waals surface area contributed by atoms with Gasteiger partial charge in [0.1, 0.15) is 0 Å². The summed E-state index contributed by atoms with van der Waals surface area (Å²) in [5.74, 6) is 0.656. The lowest BCUT2D eigenvalue weighted by atomic mass is 9.89. The molecule has 2 atom stereocenters. The summed E-state index contributed by atoms with van der Waals surface area (Å²) < 4.78 is 0. The van der Waals surface area contributed by atoms with Crippen molar-refractivity contribution in [1.29, 1.82) is 0 Å². The molecular formula is C11H14ClNO. The van der Waals surface area contributed by atoms with Gasteiger partial charge in [0.25, 0.3) is 0 Å². The van der Waals surface area contributed by atoms with E-state index >= 15 is 0 Å². The van der Waals surface area contributed by atoms with Crippen LogP contribution in [0.5, 0.6) is 0 Å². The predicted molar refractivity (Wildman–Crippen MR) is 57.6 cm³/mol. The first kappa shape index (κ1) is 9.97. The van der Waals surface area contributed by atoms with Crippen molar-refractivity contribution in [3.05, 3.63) is 34.9 Å². The van der Waals surface area contributed by atoms with E-state index in [0.29, 0.717) is 11.8 Å². The molecule has 2 rings (SSSR count). The lowest BCUT2D eigenvalue weighted by molar-refractivity contribution is 0.226. The SMILES string of the molecule is OC[C@H]1CNC[C@@H]1c1ccccc1Cl. The maximum atomic E-state index is 9.21. The largest absolute Gasteiger partial charge is 0.396 e. The highest BCUT2D eigenvalue weighted by Crippen LogP contribution is 2.32. The molecule has 0 aromatic heterocycles. The first-order valence-electron chi connectivity index (χ1n) is 4.89. The summed E-state index contributed by atoms with van der Waals surface area (Å²) >= 11 is 6.12. The van der Waals surface area contributed by atoms with Crippen LogP contribution in [0, 0.1) is 5.92 Å². The minimum absolute atomic E-state index is 0.225. The average Bonchev–Trinajstić information content (AvgIpc) is 2.66. The van der Waals surface area contributed by atoms with Crippen LogP contribution >= 0.6 is 11.6 Å². The Bertz CT molecular complexity index is 316. The van der Waals surface area contributed by atoms with Crippen LogP contribution in [0.15, 0.2) is 24.3 Å². The third-order valence-corrected chi connectivity index (χ3v) is 3.22. The summed E-state index contributed by atoms with van der Waals surface area (Å²) in [5, 5.41) is 13.3. The number of rotatable bonds is 2. The molecule has 0 bridgehead atoms. The molecule has 1 aromatic carbocycles. The molecule has 2 nitrogen and oxygen atoms in total. The topological polar surface area (TPSA) is 32.3 Å². The second-order valence-corrected chi connectivity index (χ2v) is 4.14. The van der Waals surface area contributed by atoms with Crippen molar-refractivity contribution in [2.24, 2.45) is 5.92 Å². The van der Waals surface area contributed by atoms with Crippen LogP contribution in [0.3, 0.4) is 0 Å². The van der Waals surface area contributed by atoms with Gasteiger partial charge in [-0.3, -0.25) is 0 Å². The van der Waals surface area contributed by atoms with Gasteiger partial charge >= 0.3 is 0 Å². The molecular weight excluding hydrogens is 198 g/mol. The molecule has 1 heterocycles. The highest BCUT2D eigenvalue weighted by Gasteiger charge is 2.28. The standard InChI is InChI=1S/C11H14ClNO/c12-11-4-2-1-3-9(11)10-6-13-5-8(10)7-14/h1-4,8,10,13-14H,5-7H2/t8-,10+/m1/s1. The maximum absolute atomic E-state index is 9.21. The minimum Gasteiger partial charge on any atom is -0.396 e. The van der Waals surface area contributed by atoms with Crippen LogP contribution in [-0.4, -0.2) is 24.8 Å². The van der Waals surface area contributed by atoms with Gasteiger partial charge in [-0.05, 0) is 11.6 Å². The molecule has 1 aliphatic heterocycles. The molecule has 1 aromatic rings. The molecule has 0 saturated carbocycles.